The third-order valence-corrected chi connectivity index (χ3v) is 2.54. The van der Waals surface area contributed by atoms with Gasteiger partial charge in [-0.25, -0.2) is 4.39 Å². The van der Waals surface area contributed by atoms with E-state index in [0.717, 1.165) is 0 Å². The Morgan fingerprint density at radius 2 is 2.00 bits per heavy atom. The van der Waals surface area contributed by atoms with Gasteiger partial charge in [0, 0.05) is 31.2 Å². The number of pyridine rings is 1. The Morgan fingerprint density at radius 1 is 1.29 bits per heavy atom. The van der Waals surface area contributed by atoms with Crippen LogP contribution in [0.5, 0.6) is 0 Å². The molecule has 2 aromatic rings. The number of rotatable bonds is 1. The molecule has 0 aliphatic rings. The molecule has 4 heteroatoms. The Kier molecular flexibility index (Phi) is 2.79. The Balaban J connectivity index is 2.74. The summed E-state index contributed by atoms with van der Waals surface area (Å²) in [5.41, 5.74) is 1.76. The van der Waals surface area contributed by atoms with E-state index >= 15 is 0 Å². The minimum atomic E-state index is -0.348. The van der Waals surface area contributed by atoms with Crippen molar-refractivity contribution in [2.45, 2.75) is 6.92 Å². The molecule has 0 radical (unpaired) electrons. The van der Waals surface area contributed by atoms with Crippen molar-refractivity contribution in [3.8, 4) is 0 Å². The molecule has 3 nitrogen and oxygen atoms in total. The third kappa shape index (κ3) is 2.11. The molecule has 0 aliphatic heterocycles. The Bertz CT molecular complexity index is 588. The lowest BCUT2D eigenvalue weighted by Crippen LogP contribution is -2.22. The van der Waals surface area contributed by atoms with E-state index in [2.05, 4.69) is 4.98 Å². The molecule has 1 aromatic heterocycles. The summed E-state index contributed by atoms with van der Waals surface area (Å²) in [6.07, 6.45) is 0. The zero-order valence-electron chi connectivity index (χ0n) is 9.99. The summed E-state index contributed by atoms with van der Waals surface area (Å²) in [6.45, 7) is 1.79. The summed E-state index contributed by atoms with van der Waals surface area (Å²) in [5, 5.41) is 0.677. The van der Waals surface area contributed by atoms with E-state index in [-0.39, 0.29) is 11.7 Å². The molecule has 1 aromatic carbocycles. The second-order valence-corrected chi connectivity index (χ2v) is 4.17. The maximum Gasteiger partial charge on any atom is 0.254 e. The van der Waals surface area contributed by atoms with Crippen LogP contribution in [-0.2, 0) is 0 Å². The number of carbonyl (C=O) groups is 1. The highest BCUT2D eigenvalue weighted by atomic mass is 19.1. The molecule has 0 spiro atoms. The molecule has 0 saturated carbocycles. The quantitative estimate of drug-likeness (QED) is 0.756. The van der Waals surface area contributed by atoms with Crippen LogP contribution in [0.3, 0.4) is 0 Å². The average Bonchev–Trinajstić information content (AvgIpc) is 2.26. The lowest BCUT2D eigenvalue weighted by molar-refractivity contribution is 0.0829. The number of halogens is 1. The van der Waals surface area contributed by atoms with Gasteiger partial charge in [-0.05, 0) is 25.1 Å². The number of nitrogens with zero attached hydrogens (tertiary/aromatic N) is 2. The van der Waals surface area contributed by atoms with Crippen molar-refractivity contribution in [1.82, 2.24) is 9.88 Å². The fraction of sp³-hybridized carbons (Fsp3) is 0.231. The first-order chi connectivity index (χ1) is 7.99. The van der Waals surface area contributed by atoms with Crippen LogP contribution < -0.4 is 0 Å². The number of benzene rings is 1. The molecule has 0 aliphatic carbocycles. The first-order valence-corrected chi connectivity index (χ1v) is 5.27. The van der Waals surface area contributed by atoms with Crippen LogP contribution in [0.4, 0.5) is 4.39 Å². The van der Waals surface area contributed by atoms with Crippen LogP contribution in [0.25, 0.3) is 10.9 Å². The lowest BCUT2D eigenvalue weighted by atomic mass is 10.1. The number of aromatic nitrogens is 1. The van der Waals surface area contributed by atoms with Gasteiger partial charge in [-0.2, -0.15) is 0 Å². The highest BCUT2D eigenvalue weighted by molar-refractivity contribution is 6.06. The number of hydrogen-bond donors (Lipinski definition) is 0. The minimum Gasteiger partial charge on any atom is -0.345 e. The van der Waals surface area contributed by atoms with Gasteiger partial charge in [0.05, 0.1) is 11.1 Å². The molecule has 2 rings (SSSR count). The first-order valence-electron chi connectivity index (χ1n) is 5.27. The van der Waals surface area contributed by atoms with Gasteiger partial charge in [0.2, 0.25) is 0 Å². The molecule has 0 bridgehead atoms. The standard InChI is InChI=1S/C13H13FN2O/c1-8-6-11(13(17)16(2)3)10-5-4-9(14)7-12(10)15-8/h4-7H,1-3H3. The summed E-state index contributed by atoms with van der Waals surface area (Å²) < 4.78 is 13.1. The highest BCUT2D eigenvalue weighted by Crippen LogP contribution is 2.20. The summed E-state index contributed by atoms with van der Waals surface area (Å²) >= 11 is 0. The van der Waals surface area contributed by atoms with Gasteiger partial charge < -0.3 is 4.90 Å². The van der Waals surface area contributed by atoms with Crippen molar-refractivity contribution in [3.05, 3.63) is 41.3 Å². The van der Waals surface area contributed by atoms with Gasteiger partial charge in [0.1, 0.15) is 5.82 Å². The van der Waals surface area contributed by atoms with E-state index in [1.165, 1.54) is 17.0 Å². The van der Waals surface area contributed by atoms with Crippen molar-refractivity contribution in [2.24, 2.45) is 0 Å². The number of fused-ring (bicyclic) bond motifs is 1. The summed E-state index contributed by atoms with van der Waals surface area (Å²) in [6, 6.07) is 6.00. The van der Waals surface area contributed by atoms with E-state index in [1.807, 2.05) is 0 Å². The van der Waals surface area contributed by atoms with Crippen molar-refractivity contribution < 1.29 is 9.18 Å². The SMILES string of the molecule is Cc1cc(C(=O)N(C)C)c2ccc(F)cc2n1. The Labute approximate surface area is 98.9 Å². The Hall–Kier alpha value is -1.97. The predicted octanol–water partition coefficient (Wildman–Crippen LogP) is 2.38. The van der Waals surface area contributed by atoms with E-state index in [1.54, 1.807) is 33.2 Å². The first kappa shape index (κ1) is 11.5. The third-order valence-electron chi connectivity index (χ3n) is 2.54. The molecule has 1 amide bonds. The van der Waals surface area contributed by atoms with E-state index in [4.69, 9.17) is 0 Å². The topological polar surface area (TPSA) is 33.2 Å². The molecular formula is C13H13FN2O. The molecule has 0 saturated heterocycles. The normalized spacial score (nSPS) is 10.6. The summed E-state index contributed by atoms with van der Waals surface area (Å²) in [7, 11) is 3.38. The van der Waals surface area contributed by atoms with Crippen molar-refractivity contribution in [3.63, 3.8) is 0 Å². The van der Waals surface area contributed by atoms with Gasteiger partial charge in [-0.1, -0.05) is 0 Å². The molecule has 0 N–H and O–H groups in total. The van der Waals surface area contributed by atoms with Crippen molar-refractivity contribution >= 4 is 16.8 Å². The molecule has 88 valence electrons. The minimum absolute atomic E-state index is 0.105. The predicted molar refractivity (Wildman–Crippen MR) is 64.5 cm³/mol. The monoisotopic (exact) mass is 232 g/mol. The maximum absolute atomic E-state index is 13.1. The number of hydrogen-bond acceptors (Lipinski definition) is 2. The molecular weight excluding hydrogens is 219 g/mol. The molecule has 0 unspecified atom stereocenters. The summed E-state index contributed by atoms with van der Waals surface area (Å²) in [4.78, 5) is 17.7. The second-order valence-electron chi connectivity index (χ2n) is 4.17. The van der Waals surface area contributed by atoms with Crippen LogP contribution in [-0.4, -0.2) is 29.9 Å². The molecule has 17 heavy (non-hydrogen) atoms. The fourth-order valence-electron chi connectivity index (χ4n) is 1.75. The van der Waals surface area contributed by atoms with Crippen molar-refractivity contribution in [1.29, 1.82) is 0 Å². The van der Waals surface area contributed by atoms with E-state index in [0.29, 0.717) is 22.2 Å². The van der Waals surface area contributed by atoms with Crippen molar-refractivity contribution in [2.75, 3.05) is 14.1 Å². The summed E-state index contributed by atoms with van der Waals surface area (Å²) in [5.74, 6) is -0.453. The fourth-order valence-corrected chi connectivity index (χ4v) is 1.75. The number of amides is 1. The van der Waals surface area contributed by atoms with Gasteiger partial charge >= 0.3 is 0 Å². The van der Waals surface area contributed by atoms with Crippen LogP contribution >= 0.6 is 0 Å². The molecule has 0 fully saturated rings. The molecule has 1 heterocycles. The smallest absolute Gasteiger partial charge is 0.254 e. The van der Waals surface area contributed by atoms with Crippen LogP contribution in [0.15, 0.2) is 24.3 Å². The van der Waals surface area contributed by atoms with Crippen LogP contribution in [0.2, 0.25) is 0 Å². The van der Waals surface area contributed by atoms with Gasteiger partial charge in [-0.15, -0.1) is 0 Å². The zero-order chi connectivity index (χ0) is 12.6. The Morgan fingerprint density at radius 3 is 2.65 bits per heavy atom. The highest BCUT2D eigenvalue weighted by Gasteiger charge is 2.13. The lowest BCUT2D eigenvalue weighted by Gasteiger charge is -2.13. The van der Waals surface area contributed by atoms with Crippen LogP contribution in [0.1, 0.15) is 16.1 Å². The van der Waals surface area contributed by atoms with Gasteiger partial charge in [-0.3, -0.25) is 9.78 Å². The average molecular weight is 232 g/mol. The number of carbonyl (C=O) groups excluding carboxylic acids is 1. The molecule has 0 atom stereocenters. The largest absolute Gasteiger partial charge is 0.345 e. The van der Waals surface area contributed by atoms with Gasteiger partial charge in [0.15, 0.2) is 0 Å². The van der Waals surface area contributed by atoms with Gasteiger partial charge in [0.25, 0.3) is 5.91 Å². The van der Waals surface area contributed by atoms with E-state index in [9.17, 15) is 9.18 Å². The van der Waals surface area contributed by atoms with Crippen LogP contribution in [0, 0.1) is 12.7 Å². The second kappa shape index (κ2) is 4.13. The zero-order valence-corrected chi connectivity index (χ0v) is 9.99. The van der Waals surface area contributed by atoms with E-state index < -0.39 is 0 Å². The maximum atomic E-state index is 13.1. The number of aryl methyl sites for hydroxylation is 1.